The molecule has 13 heavy (non-hydrogen) atoms. The van der Waals surface area contributed by atoms with E-state index < -0.39 is 0 Å². The van der Waals surface area contributed by atoms with Gasteiger partial charge in [-0.05, 0) is 13.5 Å². The molecule has 3 heteroatoms. The molecule has 2 heterocycles. The third-order valence-electron chi connectivity index (χ3n) is 2.45. The molecule has 0 saturated carbocycles. The first-order chi connectivity index (χ1) is 6.34. The van der Waals surface area contributed by atoms with Crippen LogP contribution in [0.25, 0.3) is 0 Å². The lowest BCUT2D eigenvalue weighted by molar-refractivity contribution is 0.354. The number of rotatable bonds is 2. The Hall–Kier alpha value is -1.09. The Balaban J connectivity index is 1.96. The standard InChI is InChI=1S/C10H15N3/c1-12-5-2-10(3-6-12)8-13-7-4-11-9-13/h2,4,7,9H,3,5-6,8H2,1H3. The summed E-state index contributed by atoms with van der Waals surface area (Å²) in [6.07, 6.45) is 9.23. The summed E-state index contributed by atoms with van der Waals surface area (Å²) in [6, 6.07) is 0. The minimum absolute atomic E-state index is 1.01. The lowest BCUT2D eigenvalue weighted by Crippen LogP contribution is -2.25. The third-order valence-corrected chi connectivity index (χ3v) is 2.45. The largest absolute Gasteiger partial charge is 0.333 e. The van der Waals surface area contributed by atoms with Crippen LogP contribution in [0.4, 0.5) is 0 Å². The van der Waals surface area contributed by atoms with Crippen LogP contribution in [-0.4, -0.2) is 34.6 Å². The van der Waals surface area contributed by atoms with Crippen LogP contribution in [-0.2, 0) is 6.54 Å². The quantitative estimate of drug-likeness (QED) is 0.632. The SMILES string of the molecule is CN1CC=C(Cn2ccnc2)CC1. The molecule has 0 saturated heterocycles. The molecule has 0 aliphatic carbocycles. The summed E-state index contributed by atoms with van der Waals surface area (Å²) in [5.74, 6) is 0. The first kappa shape index (κ1) is 8.51. The molecule has 0 radical (unpaired) electrons. The second kappa shape index (κ2) is 3.75. The third kappa shape index (κ3) is 2.18. The number of likely N-dealkylation sites (N-methyl/N-ethyl adjacent to an activating group) is 1. The van der Waals surface area contributed by atoms with Crippen LogP contribution in [0.3, 0.4) is 0 Å². The van der Waals surface area contributed by atoms with Crippen LogP contribution in [0.2, 0.25) is 0 Å². The van der Waals surface area contributed by atoms with E-state index in [4.69, 9.17) is 0 Å². The van der Waals surface area contributed by atoms with Gasteiger partial charge in [-0.3, -0.25) is 0 Å². The Kier molecular flexibility index (Phi) is 2.45. The zero-order chi connectivity index (χ0) is 9.10. The van der Waals surface area contributed by atoms with E-state index in [2.05, 4.69) is 27.6 Å². The molecule has 3 nitrogen and oxygen atoms in total. The minimum Gasteiger partial charge on any atom is -0.333 e. The van der Waals surface area contributed by atoms with Gasteiger partial charge in [0.15, 0.2) is 0 Å². The van der Waals surface area contributed by atoms with Crippen molar-refractivity contribution in [2.75, 3.05) is 20.1 Å². The zero-order valence-electron chi connectivity index (χ0n) is 7.98. The number of aromatic nitrogens is 2. The Morgan fingerprint density at radius 2 is 2.46 bits per heavy atom. The molecule has 0 atom stereocenters. The van der Waals surface area contributed by atoms with E-state index >= 15 is 0 Å². The monoisotopic (exact) mass is 177 g/mol. The fourth-order valence-corrected chi connectivity index (χ4v) is 1.57. The van der Waals surface area contributed by atoms with Crippen molar-refractivity contribution in [1.29, 1.82) is 0 Å². The molecule has 0 N–H and O–H groups in total. The normalized spacial score (nSPS) is 18.7. The van der Waals surface area contributed by atoms with Crippen LogP contribution in [0.5, 0.6) is 0 Å². The molecule has 2 rings (SSSR count). The maximum Gasteiger partial charge on any atom is 0.0948 e. The maximum atomic E-state index is 4.03. The van der Waals surface area contributed by atoms with Crippen LogP contribution >= 0.6 is 0 Å². The fourth-order valence-electron chi connectivity index (χ4n) is 1.57. The molecule has 1 aliphatic heterocycles. The van der Waals surface area contributed by atoms with Crippen molar-refractivity contribution in [2.24, 2.45) is 0 Å². The smallest absolute Gasteiger partial charge is 0.0948 e. The van der Waals surface area contributed by atoms with Crippen LogP contribution in [0.1, 0.15) is 6.42 Å². The van der Waals surface area contributed by atoms with Gasteiger partial charge >= 0.3 is 0 Å². The Morgan fingerprint density at radius 3 is 3.08 bits per heavy atom. The van der Waals surface area contributed by atoms with E-state index in [1.54, 1.807) is 0 Å². The summed E-state index contributed by atoms with van der Waals surface area (Å²) in [5.41, 5.74) is 1.52. The van der Waals surface area contributed by atoms with E-state index in [9.17, 15) is 0 Å². The van der Waals surface area contributed by atoms with E-state index in [0.29, 0.717) is 0 Å². The highest BCUT2D eigenvalue weighted by Gasteiger charge is 2.07. The molecule has 0 unspecified atom stereocenters. The zero-order valence-corrected chi connectivity index (χ0v) is 7.98. The molecule has 0 spiro atoms. The molecule has 0 amide bonds. The summed E-state index contributed by atoms with van der Waals surface area (Å²) in [5, 5.41) is 0. The van der Waals surface area contributed by atoms with Crippen molar-refractivity contribution >= 4 is 0 Å². The summed E-state index contributed by atoms with van der Waals surface area (Å²) < 4.78 is 2.12. The fraction of sp³-hybridized carbons (Fsp3) is 0.500. The Labute approximate surface area is 78.7 Å². The Bertz CT molecular complexity index is 287. The van der Waals surface area contributed by atoms with E-state index in [-0.39, 0.29) is 0 Å². The van der Waals surface area contributed by atoms with Crippen LogP contribution < -0.4 is 0 Å². The van der Waals surface area contributed by atoms with E-state index in [1.165, 1.54) is 18.5 Å². The topological polar surface area (TPSA) is 21.1 Å². The summed E-state index contributed by atoms with van der Waals surface area (Å²) in [7, 11) is 2.16. The molecule has 1 aliphatic rings. The van der Waals surface area contributed by atoms with Gasteiger partial charge in [-0.25, -0.2) is 4.98 Å². The average molecular weight is 177 g/mol. The molecule has 1 aromatic rings. The summed E-state index contributed by atoms with van der Waals surface area (Å²) in [4.78, 5) is 6.36. The van der Waals surface area contributed by atoms with Gasteiger partial charge in [-0.1, -0.05) is 11.6 Å². The molecular formula is C10H15N3. The number of nitrogens with zero attached hydrogens (tertiary/aromatic N) is 3. The second-order valence-electron chi connectivity index (χ2n) is 3.61. The first-order valence-corrected chi connectivity index (χ1v) is 4.67. The van der Waals surface area contributed by atoms with Gasteiger partial charge in [0, 0.05) is 32.0 Å². The van der Waals surface area contributed by atoms with Gasteiger partial charge in [0.05, 0.1) is 6.33 Å². The van der Waals surface area contributed by atoms with Crippen molar-refractivity contribution < 1.29 is 0 Å². The number of hydrogen-bond donors (Lipinski definition) is 0. The second-order valence-corrected chi connectivity index (χ2v) is 3.61. The molecule has 1 aromatic heterocycles. The van der Waals surface area contributed by atoms with Gasteiger partial charge < -0.3 is 9.47 Å². The van der Waals surface area contributed by atoms with Gasteiger partial charge in [-0.2, -0.15) is 0 Å². The van der Waals surface area contributed by atoms with Gasteiger partial charge in [0.1, 0.15) is 0 Å². The van der Waals surface area contributed by atoms with Crippen LogP contribution in [0, 0.1) is 0 Å². The lowest BCUT2D eigenvalue weighted by atomic mass is 10.1. The van der Waals surface area contributed by atoms with Gasteiger partial charge in [-0.15, -0.1) is 0 Å². The van der Waals surface area contributed by atoms with Gasteiger partial charge in [0.25, 0.3) is 0 Å². The van der Waals surface area contributed by atoms with Crippen molar-refractivity contribution in [3.63, 3.8) is 0 Å². The molecule has 0 fully saturated rings. The average Bonchev–Trinajstić information content (AvgIpc) is 2.62. The number of imidazole rings is 1. The summed E-state index contributed by atoms with van der Waals surface area (Å²) >= 11 is 0. The van der Waals surface area contributed by atoms with Crippen LogP contribution in [0.15, 0.2) is 30.4 Å². The highest BCUT2D eigenvalue weighted by molar-refractivity contribution is 5.07. The van der Waals surface area contributed by atoms with Crippen molar-refractivity contribution in [2.45, 2.75) is 13.0 Å². The highest BCUT2D eigenvalue weighted by atomic mass is 15.1. The van der Waals surface area contributed by atoms with Crippen molar-refractivity contribution in [3.8, 4) is 0 Å². The molecular weight excluding hydrogens is 162 g/mol. The summed E-state index contributed by atoms with van der Waals surface area (Å²) in [6.45, 7) is 3.28. The predicted molar refractivity (Wildman–Crippen MR) is 52.4 cm³/mol. The van der Waals surface area contributed by atoms with Crippen molar-refractivity contribution in [3.05, 3.63) is 30.4 Å². The van der Waals surface area contributed by atoms with E-state index in [0.717, 1.165) is 13.1 Å². The molecule has 0 bridgehead atoms. The maximum absolute atomic E-state index is 4.03. The predicted octanol–water partition coefficient (Wildman–Crippen LogP) is 1.15. The van der Waals surface area contributed by atoms with E-state index in [1.807, 2.05) is 18.7 Å². The highest BCUT2D eigenvalue weighted by Crippen LogP contribution is 2.10. The van der Waals surface area contributed by atoms with Crippen molar-refractivity contribution in [1.82, 2.24) is 14.5 Å². The first-order valence-electron chi connectivity index (χ1n) is 4.67. The molecule has 70 valence electrons. The minimum atomic E-state index is 1.01. The number of hydrogen-bond acceptors (Lipinski definition) is 2. The van der Waals surface area contributed by atoms with Gasteiger partial charge in [0.2, 0.25) is 0 Å². The Morgan fingerprint density at radius 1 is 1.54 bits per heavy atom. The lowest BCUT2D eigenvalue weighted by Gasteiger charge is -2.21. The molecule has 0 aromatic carbocycles.